The van der Waals surface area contributed by atoms with Crippen LogP contribution in [-0.4, -0.2) is 63.4 Å². The van der Waals surface area contributed by atoms with Gasteiger partial charge in [-0.15, -0.1) is 0 Å². The lowest BCUT2D eigenvalue weighted by molar-refractivity contribution is -0.160. The summed E-state index contributed by atoms with van der Waals surface area (Å²) in [4.78, 5) is 32.2. The van der Waals surface area contributed by atoms with E-state index in [0.717, 1.165) is 0 Å². The van der Waals surface area contributed by atoms with E-state index in [0.29, 0.717) is 6.29 Å². The van der Waals surface area contributed by atoms with Crippen molar-refractivity contribution in [3.05, 3.63) is 0 Å². The van der Waals surface area contributed by atoms with E-state index in [1.54, 1.807) is 6.92 Å². The summed E-state index contributed by atoms with van der Waals surface area (Å²) in [6.45, 7) is 3.04. The van der Waals surface area contributed by atoms with Gasteiger partial charge in [0.05, 0.1) is 6.10 Å². The molecule has 0 aliphatic rings. The second-order valence-electron chi connectivity index (χ2n) is 4.86. The van der Waals surface area contributed by atoms with E-state index in [1.165, 1.54) is 6.92 Å². The second kappa shape index (κ2) is 8.62. The third-order valence-electron chi connectivity index (χ3n) is 2.87. The third-order valence-corrected chi connectivity index (χ3v) is 2.87. The lowest BCUT2D eigenvalue weighted by atomic mass is 9.96. The summed E-state index contributed by atoms with van der Waals surface area (Å²) in [5.74, 6) is -3.13. The molecule has 0 rings (SSSR count). The van der Waals surface area contributed by atoms with Gasteiger partial charge >= 0.3 is 5.97 Å². The van der Waals surface area contributed by atoms with Crippen molar-refractivity contribution >= 4 is 18.2 Å². The van der Waals surface area contributed by atoms with Crippen molar-refractivity contribution in [3.8, 4) is 0 Å². The first-order chi connectivity index (χ1) is 9.20. The number of carbonyl (C=O) groups excluding carboxylic acids is 2. The Balaban J connectivity index is 4.26. The van der Waals surface area contributed by atoms with Gasteiger partial charge in [0.1, 0.15) is 12.4 Å². The van der Waals surface area contributed by atoms with E-state index >= 15 is 0 Å². The Kier molecular flexibility index (Phi) is 7.97. The van der Waals surface area contributed by atoms with Crippen LogP contribution in [0.1, 0.15) is 20.3 Å². The van der Waals surface area contributed by atoms with Crippen LogP contribution in [0.5, 0.6) is 0 Å². The Morgan fingerprint density at radius 3 is 2.15 bits per heavy atom. The predicted molar refractivity (Wildman–Crippen MR) is 67.7 cm³/mol. The van der Waals surface area contributed by atoms with Gasteiger partial charge in [-0.1, -0.05) is 13.8 Å². The van der Waals surface area contributed by atoms with Crippen LogP contribution < -0.4 is 5.32 Å². The number of hydrogen-bond donors (Lipinski definition) is 5. The molecule has 8 heteroatoms. The van der Waals surface area contributed by atoms with Crippen molar-refractivity contribution < 1.29 is 34.8 Å². The molecule has 0 bridgehead atoms. The van der Waals surface area contributed by atoms with Gasteiger partial charge in [-0.2, -0.15) is 0 Å². The van der Waals surface area contributed by atoms with Gasteiger partial charge in [-0.3, -0.25) is 4.79 Å². The number of hydrogen-bond acceptors (Lipinski definition) is 6. The molecule has 20 heavy (non-hydrogen) atoms. The maximum Gasteiger partial charge on any atom is 0.335 e. The average Bonchev–Trinajstić information content (AvgIpc) is 2.41. The summed E-state index contributed by atoms with van der Waals surface area (Å²) in [6, 6.07) is 0. The van der Waals surface area contributed by atoms with E-state index < -0.39 is 42.0 Å². The number of amides is 1. The number of nitrogens with one attached hydrogen (secondary N) is 1. The molecule has 5 atom stereocenters. The van der Waals surface area contributed by atoms with Crippen molar-refractivity contribution in [3.63, 3.8) is 0 Å². The number of rotatable bonds is 9. The number of aldehydes is 1. The standard InChI is InChI=1S/C12H21NO7/c1-6(5-14)3-8(15)13-4-7(2)9(16)10(17)11(18)12(19)20/h5-7,9-11,16-18H,3-4H2,1-2H3,(H,13,15)(H,19,20)/t6-,7+,9-,10+,11+/m1/s1. The first kappa shape index (κ1) is 18.5. The van der Waals surface area contributed by atoms with E-state index in [4.69, 9.17) is 10.2 Å². The van der Waals surface area contributed by atoms with E-state index in [9.17, 15) is 24.6 Å². The molecule has 0 aliphatic carbocycles. The fraction of sp³-hybridized carbons (Fsp3) is 0.750. The maximum absolute atomic E-state index is 11.4. The Morgan fingerprint density at radius 1 is 1.15 bits per heavy atom. The molecule has 0 radical (unpaired) electrons. The van der Waals surface area contributed by atoms with Gasteiger partial charge in [0.25, 0.3) is 0 Å². The number of carboxylic acid groups (broad SMARTS) is 1. The van der Waals surface area contributed by atoms with Crippen molar-refractivity contribution in [1.29, 1.82) is 0 Å². The highest BCUT2D eigenvalue weighted by atomic mass is 16.4. The van der Waals surface area contributed by atoms with Gasteiger partial charge in [-0.25, -0.2) is 4.79 Å². The molecule has 1 amide bonds. The normalized spacial score (nSPS) is 18.4. The lowest BCUT2D eigenvalue weighted by Crippen LogP contribution is -2.47. The van der Waals surface area contributed by atoms with E-state index in [-0.39, 0.29) is 13.0 Å². The first-order valence-corrected chi connectivity index (χ1v) is 6.19. The summed E-state index contributed by atoms with van der Waals surface area (Å²) < 4.78 is 0. The molecule has 0 aromatic heterocycles. The van der Waals surface area contributed by atoms with Crippen LogP contribution in [0, 0.1) is 11.8 Å². The predicted octanol–water partition coefficient (Wildman–Crippen LogP) is -1.87. The van der Waals surface area contributed by atoms with Crippen molar-refractivity contribution in [2.24, 2.45) is 11.8 Å². The summed E-state index contributed by atoms with van der Waals surface area (Å²) >= 11 is 0. The molecule has 8 nitrogen and oxygen atoms in total. The van der Waals surface area contributed by atoms with Gasteiger partial charge in [-0.05, 0) is 0 Å². The fourth-order valence-electron chi connectivity index (χ4n) is 1.48. The van der Waals surface area contributed by atoms with Crippen molar-refractivity contribution in [1.82, 2.24) is 5.32 Å². The smallest absolute Gasteiger partial charge is 0.335 e. The highest BCUT2D eigenvalue weighted by molar-refractivity contribution is 5.78. The van der Waals surface area contributed by atoms with Gasteiger partial charge in [0, 0.05) is 24.8 Å². The summed E-state index contributed by atoms with van der Waals surface area (Å²) in [5.41, 5.74) is 0. The molecular weight excluding hydrogens is 270 g/mol. The fourth-order valence-corrected chi connectivity index (χ4v) is 1.48. The minimum absolute atomic E-state index is 0.00657. The zero-order chi connectivity index (χ0) is 15.9. The molecular formula is C12H21NO7. The second-order valence-corrected chi connectivity index (χ2v) is 4.86. The molecule has 0 aromatic rings. The first-order valence-electron chi connectivity index (χ1n) is 6.19. The highest BCUT2D eigenvalue weighted by Crippen LogP contribution is 2.10. The molecule has 0 aromatic carbocycles. The molecule has 0 fully saturated rings. The van der Waals surface area contributed by atoms with Crippen LogP contribution in [0.4, 0.5) is 0 Å². The van der Waals surface area contributed by atoms with Crippen LogP contribution in [0.2, 0.25) is 0 Å². The van der Waals surface area contributed by atoms with Crippen LogP contribution >= 0.6 is 0 Å². The number of carboxylic acids is 1. The SMILES string of the molecule is C[C@@H](C=O)CC(=O)NC[C@H](C)[C@@H](O)[C@H](O)[C@H](O)C(=O)O. The lowest BCUT2D eigenvalue weighted by Gasteiger charge is -2.25. The molecule has 0 aliphatic heterocycles. The molecule has 0 heterocycles. The van der Waals surface area contributed by atoms with Crippen molar-refractivity contribution in [2.75, 3.05) is 6.54 Å². The summed E-state index contributed by atoms with van der Waals surface area (Å²) in [6.07, 6.45) is -4.81. The Hall–Kier alpha value is -1.51. The van der Waals surface area contributed by atoms with Crippen LogP contribution in [0.25, 0.3) is 0 Å². The Labute approximate surface area is 116 Å². The molecule has 116 valence electrons. The van der Waals surface area contributed by atoms with Crippen LogP contribution in [-0.2, 0) is 14.4 Å². The molecule has 0 saturated carbocycles. The highest BCUT2D eigenvalue weighted by Gasteiger charge is 2.33. The number of aliphatic carboxylic acids is 1. The monoisotopic (exact) mass is 291 g/mol. The summed E-state index contributed by atoms with van der Waals surface area (Å²) in [7, 11) is 0. The summed E-state index contributed by atoms with van der Waals surface area (Å²) in [5, 5.41) is 39.2. The topological polar surface area (TPSA) is 144 Å². The van der Waals surface area contributed by atoms with Crippen LogP contribution in [0.15, 0.2) is 0 Å². The van der Waals surface area contributed by atoms with E-state index in [2.05, 4.69) is 5.32 Å². The quantitative estimate of drug-likeness (QED) is 0.313. The minimum Gasteiger partial charge on any atom is -0.479 e. The van der Waals surface area contributed by atoms with Gasteiger partial charge in [0.2, 0.25) is 5.91 Å². The van der Waals surface area contributed by atoms with Gasteiger partial charge in [0.15, 0.2) is 6.10 Å². The maximum atomic E-state index is 11.4. The number of aliphatic hydroxyl groups is 3. The molecule has 5 N–H and O–H groups in total. The molecule has 0 unspecified atom stereocenters. The average molecular weight is 291 g/mol. The zero-order valence-electron chi connectivity index (χ0n) is 11.4. The van der Waals surface area contributed by atoms with Crippen molar-refractivity contribution in [2.45, 2.75) is 38.6 Å². The van der Waals surface area contributed by atoms with Gasteiger partial charge < -0.3 is 30.5 Å². The molecule has 0 spiro atoms. The Morgan fingerprint density at radius 2 is 1.70 bits per heavy atom. The number of aliphatic hydroxyl groups excluding tert-OH is 3. The van der Waals surface area contributed by atoms with E-state index in [1.807, 2.05) is 0 Å². The Bertz CT molecular complexity index is 347. The third kappa shape index (κ3) is 6.09. The molecule has 0 saturated heterocycles. The number of carbonyl (C=O) groups is 3. The minimum atomic E-state index is -2.10. The largest absolute Gasteiger partial charge is 0.479 e. The van der Waals surface area contributed by atoms with Crippen LogP contribution in [0.3, 0.4) is 0 Å². The zero-order valence-corrected chi connectivity index (χ0v) is 11.4.